The van der Waals surface area contributed by atoms with Gasteiger partial charge in [-0.15, -0.1) is 0 Å². The van der Waals surface area contributed by atoms with E-state index in [0.717, 1.165) is 30.8 Å². The lowest BCUT2D eigenvalue weighted by Crippen LogP contribution is -2.39. The highest BCUT2D eigenvalue weighted by atomic mass is 32.2. The number of benzene rings is 1. The number of aryl methyl sites for hydroxylation is 1. The Morgan fingerprint density at radius 3 is 2.77 bits per heavy atom. The Kier molecular flexibility index (Phi) is 5.73. The summed E-state index contributed by atoms with van der Waals surface area (Å²) < 4.78 is 25.8. The maximum absolute atomic E-state index is 12.5. The van der Waals surface area contributed by atoms with Gasteiger partial charge in [0.15, 0.2) is 0 Å². The highest BCUT2D eigenvalue weighted by molar-refractivity contribution is 7.89. The molecule has 3 rings (SSSR count). The van der Waals surface area contributed by atoms with E-state index in [4.69, 9.17) is 0 Å². The summed E-state index contributed by atoms with van der Waals surface area (Å²) in [6.07, 6.45) is 6.60. The zero-order valence-electron chi connectivity index (χ0n) is 14.8. The van der Waals surface area contributed by atoms with Crippen LogP contribution in [0.3, 0.4) is 0 Å². The van der Waals surface area contributed by atoms with Crippen molar-refractivity contribution in [1.82, 2.24) is 19.6 Å². The van der Waals surface area contributed by atoms with Crippen molar-refractivity contribution in [1.29, 1.82) is 0 Å². The van der Waals surface area contributed by atoms with Gasteiger partial charge in [0.1, 0.15) is 5.82 Å². The minimum atomic E-state index is -3.43. The van der Waals surface area contributed by atoms with Gasteiger partial charge in [0.05, 0.1) is 4.90 Å². The second-order valence-corrected chi connectivity index (χ2v) is 8.39. The summed E-state index contributed by atoms with van der Waals surface area (Å²) in [7, 11) is -2.04. The summed E-state index contributed by atoms with van der Waals surface area (Å²) in [5, 5.41) is 0. The number of nitrogens with zero attached hydrogens (tertiary/aromatic N) is 2. The fraction of sp³-hybridized carbons (Fsp3) is 0.444. The van der Waals surface area contributed by atoms with Crippen LogP contribution < -0.4 is 4.72 Å². The molecule has 26 heavy (non-hydrogen) atoms. The molecule has 2 aromatic rings. The molecule has 0 unspecified atom stereocenters. The Morgan fingerprint density at radius 2 is 2.12 bits per heavy atom. The summed E-state index contributed by atoms with van der Waals surface area (Å²) in [6, 6.07) is 6.66. The average Bonchev–Trinajstić information content (AvgIpc) is 3.21. The van der Waals surface area contributed by atoms with Crippen molar-refractivity contribution >= 4 is 15.9 Å². The Balaban J connectivity index is 1.55. The van der Waals surface area contributed by atoms with Crippen molar-refractivity contribution < 1.29 is 13.2 Å². The van der Waals surface area contributed by atoms with E-state index < -0.39 is 10.0 Å². The van der Waals surface area contributed by atoms with Crippen LogP contribution in [0.1, 0.15) is 36.6 Å². The smallest absolute Gasteiger partial charge is 0.240 e. The van der Waals surface area contributed by atoms with Crippen molar-refractivity contribution in [3.8, 4) is 0 Å². The van der Waals surface area contributed by atoms with E-state index in [1.165, 1.54) is 7.05 Å². The lowest BCUT2D eigenvalue weighted by molar-refractivity contribution is -0.132. The van der Waals surface area contributed by atoms with E-state index in [2.05, 4.69) is 14.7 Å². The van der Waals surface area contributed by atoms with Gasteiger partial charge in [-0.1, -0.05) is 12.1 Å². The number of aromatic nitrogens is 2. The predicted molar refractivity (Wildman–Crippen MR) is 98.2 cm³/mol. The van der Waals surface area contributed by atoms with Crippen LogP contribution in [-0.4, -0.2) is 49.3 Å². The SMILES string of the molecule is CNS(=O)(=O)c1ccc(CCC(=O)N2CCC[C@H](c3ncc[nH]3)C2)cc1. The fourth-order valence-corrected chi connectivity index (χ4v) is 4.02. The van der Waals surface area contributed by atoms with Gasteiger partial charge in [-0.3, -0.25) is 4.79 Å². The third kappa shape index (κ3) is 4.31. The number of rotatable bonds is 6. The molecule has 1 aromatic heterocycles. The van der Waals surface area contributed by atoms with Crippen molar-refractivity contribution in [2.45, 2.75) is 36.5 Å². The number of piperidine rings is 1. The first kappa shape index (κ1) is 18.6. The molecule has 1 atom stereocenters. The van der Waals surface area contributed by atoms with Crippen molar-refractivity contribution in [2.75, 3.05) is 20.1 Å². The summed E-state index contributed by atoms with van der Waals surface area (Å²) in [5.74, 6) is 1.35. The van der Waals surface area contributed by atoms with Gasteiger partial charge < -0.3 is 9.88 Å². The normalized spacial score (nSPS) is 18.0. The lowest BCUT2D eigenvalue weighted by Gasteiger charge is -2.32. The van der Waals surface area contributed by atoms with Crippen molar-refractivity contribution in [3.05, 3.63) is 48.0 Å². The van der Waals surface area contributed by atoms with Crippen LogP contribution in [0.15, 0.2) is 41.6 Å². The van der Waals surface area contributed by atoms with Gasteiger partial charge in [-0.05, 0) is 44.0 Å². The van der Waals surface area contributed by atoms with E-state index in [9.17, 15) is 13.2 Å². The molecule has 0 spiro atoms. The number of nitrogens with one attached hydrogen (secondary N) is 2. The minimum absolute atomic E-state index is 0.133. The standard InChI is InChI=1S/C18H24N4O3S/c1-19-26(24,25)16-7-4-14(5-8-16)6-9-17(23)22-12-2-3-15(13-22)18-20-10-11-21-18/h4-5,7-8,10-11,15,19H,2-3,6,9,12-13H2,1H3,(H,20,21)/t15-/m0/s1. The molecule has 0 saturated carbocycles. The third-order valence-electron chi connectivity index (χ3n) is 4.81. The van der Waals surface area contributed by atoms with Crippen LogP contribution in [0.25, 0.3) is 0 Å². The highest BCUT2D eigenvalue weighted by Crippen LogP contribution is 2.25. The number of carbonyl (C=O) groups is 1. The van der Waals surface area contributed by atoms with E-state index in [0.29, 0.717) is 19.4 Å². The monoisotopic (exact) mass is 376 g/mol. The van der Waals surface area contributed by atoms with E-state index >= 15 is 0 Å². The van der Waals surface area contributed by atoms with Crippen LogP contribution in [-0.2, 0) is 21.2 Å². The van der Waals surface area contributed by atoms with E-state index in [1.807, 2.05) is 11.1 Å². The molecule has 1 aliphatic rings. The summed E-state index contributed by atoms with van der Waals surface area (Å²) in [4.78, 5) is 22.1. The lowest BCUT2D eigenvalue weighted by atomic mass is 9.97. The number of likely N-dealkylation sites (tertiary alicyclic amines) is 1. The zero-order chi connectivity index (χ0) is 18.6. The molecule has 1 aromatic carbocycles. The molecular formula is C18H24N4O3S. The quantitative estimate of drug-likeness (QED) is 0.801. The third-order valence-corrected chi connectivity index (χ3v) is 6.24. The van der Waals surface area contributed by atoms with Crippen LogP contribution in [0.2, 0.25) is 0 Å². The van der Waals surface area contributed by atoms with Gasteiger partial charge in [0.2, 0.25) is 15.9 Å². The first-order valence-electron chi connectivity index (χ1n) is 8.79. The highest BCUT2D eigenvalue weighted by Gasteiger charge is 2.25. The molecule has 2 N–H and O–H groups in total. The second-order valence-electron chi connectivity index (χ2n) is 6.50. The van der Waals surface area contributed by atoms with Crippen LogP contribution in [0, 0.1) is 0 Å². The molecule has 0 aliphatic carbocycles. The Morgan fingerprint density at radius 1 is 1.35 bits per heavy atom. The fourth-order valence-electron chi connectivity index (χ4n) is 3.29. The summed E-state index contributed by atoms with van der Waals surface area (Å²) in [5.41, 5.74) is 0.952. The number of imidazole rings is 1. The molecule has 1 aliphatic heterocycles. The van der Waals surface area contributed by atoms with Crippen molar-refractivity contribution in [3.63, 3.8) is 0 Å². The number of carbonyl (C=O) groups excluding carboxylic acids is 1. The Hall–Kier alpha value is -2.19. The molecule has 7 nitrogen and oxygen atoms in total. The molecule has 2 heterocycles. The number of hydrogen-bond acceptors (Lipinski definition) is 4. The van der Waals surface area contributed by atoms with Gasteiger partial charge >= 0.3 is 0 Å². The summed E-state index contributed by atoms with van der Waals surface area (Å²) >= 11 is 0. The first-order valence-corrected chi connectivity index (χ1v) is 10.3. The van der Waals surface area contributed by atoms with E-state index in [-0.39, 0.29) is 16.7 Å². The Bertz CT molecular complexity index is 832. The molecule has 1 fully saturated rings. The van der Waals surface area contributed by atoms with Crippen LogP contribution in [0.4, 0.5) is 0 Å². The number of aromatic amines is 1. The van der Waals surface area contributed by atoms with Gasteiger partial charge in [0.25, 0.3) is 0 Å². The molecule has 1 amide bonds. The van der Waals surface area contributed by atoms with Crippen LogP contribution in [0.5, 0.6) is 0 Å². The molecule has 1 saturated heterocycles. The molecule has 0 radical (unpaired) electrons. The summed E-state index contributed by atoms with van der Waals surface area (Å²) in [6.45, 7) is 1.49. The minimum Gasteiger partial charge on any atom is -0.348 e. The maximum Gasteiger partial charge on any atom is 0.240 e. The number of hydrogen-bond donors (Lipinski definition) is 2. The molecule has 8 heteroatoms. The van der Waals surface area contributed by atoms with E-state index in [1.54, 1.807) is 30.5 Å². The molecule has 0 bridgehead atoms. The van der Waals surface area contributed by atoms with Gasteiger partial charge in [0, 0.05) is 37.8 Å². The number of H-pyrrole nitrogens is 1. The van der Waals surface area contributed by atoms with Gasteiger partial charge in [-0.2, -0.15) is 0 Å². The first-order chi connectivity index (χ1) is 12.5. The zero-order valence-corrected chi connectivity index (χ0v) is 15.6. The largest absolute Gasteiger partial charge is 0.348 e. The number of sulfonamides is 1. The predicted octanol–water partition coefficient (Wildman–Crippen LogP) is 1.66. The second kappa shape index (κ2) is 8.01. The molecule has 140 valence electrons. The van der Waals surface area contributed by atoms with Gasteiger partial charge in [-0.25, -0.2) is 18.1 Å². The topological polar surface area (TPSA) is 95.2 Å². The van der Waals surface area contributed by atoms with Crippen LogP contribution >= 0.6 is 0 Å². The molecular weight excluding hydrogens is 352 g/mol. The average molecular weight is 376 g/mol. The number of amides is 1. The van der Waals surface area contributed by atoms with Crippen molar-refractivity contribution in [2.24, 2.45) is 0 Å². The Labute approximate surface area is 153 Å². The maximum atomic E-state index is 12.5.